The Balaban J connectivity index is 0.00000341. The van der Waals surface area contributed by atoms with Gasteiger partial charge in [-0.05, 0) is 38.0 Å². The number of aromatic nitrogens is 2. The number of aliphatic imine (C=N–C) groups is 1. The van der Waals surface area contributed by atoms with E-state index in [1.54, 1.807) is 36.2 Å². The summed E-state index contributed by atoms with van der Waals surface area (Å²) in [6.45, 7) is 8.96. The van der Waals surface area contributed by atoms with Crippen molar-refractivity contribution in [3.05, 3.63) is 47.8 Å². The lowest BCUT2D eigenvalue weighted by Crippen LogP contribution is -2.40. The second-order valence-corrected chi connectivity index (χ2v) is 7.47. The van der Waals surface area contributed by atoms with Gasteiger partial charge in [0.15, 0.2) is 5.96 Å². The van der Waals surface area contributed by atoms with Crippen molar-refractivity contribution in [3.8, 4) is 5.69 Å². The second kappa shape index (κ2) is 13.0. The molecule has 0 amide bonds. The van der Waals surface area contributed by atoms with Crippen LogP contribution in [0, 0.1) is 18.7 Å². The number of hydrogen-bond acceptors (Lipinski definition) is 4. The molecular weight excluding hydrogens is 512 g/mol. The number of rotatable bonds is 9. The normalized spacial score (nSPS) is 16.5. The summed E-state index contributed by atoms with van der Waals surface area (Å²) in [5.41, 5.74) is 1.34. The van der Waals surface area contributed by atoms with E-state index in [0.717, 1.165) is 50.0 Å². The topological polar surface area (TPSA) is 63.9 Å². The van der Waals surface area contributed by atoms with E-state index >= 15 is 0 Å². The summed E-state index contributed by atoms with van der Waals surface area (Å²) in [6.07, 6.45) is 4.50. The molecule has 0 bridgehead atoms. The smallest absolute Gasteiger partial charge is 0.194 e. The zero-order chi connectivity index (χ0) is 21.3. The number of likely N-dealkylation sites (tertiary alicyclic amines) is 1. The number of methoxy groups -OCH3 is 1. The molecule has 1 N–H and O–H groups in total. The molecule has 2 aromatic rings. The van der Waals surface area contributed by atoms with Crippen molar-refractivity contribution >= 4 is 29.9 Å². The highest BCUT2D eigenvalue weighted by Crippen LogP contribution is 2.19. The van der Waals surface area contributed by atoms with Gasteiger partial charge >= 0.3 is 0 Å². The minimum absolute atomic E-state index is 0. The summed E-state index contributed by atoms with van der Waals surface area (Å²) in [4.78, 5) is 11.2. The molecule has 1 aromatic carbocycles. The Hall–Kier alpha value is -1.72. The quantitative estimate of drug-likeness (QED) is 0.227. The second-order valence-electron chi connectivity index (χ2n) is 7.47. The predicted octanol–water partition coefficient (Wildman–Crippen LogP) is 3.39. The molecule has 0 aliphatic carbocycles. The molecule has 2 heterocycles. The van der Waals surface area contributed by atoms with Gasteiger partial charge in [0.05, 0.1) is 32.1 Å². The van der Waals surface area contributed by atoms with Gasteiger partial charge in [-0.15, -0.1) is 24.0 Å². The van der Waals surface area contributed by atoms with Crippen LogP contribution in [0.1, 0.15) is 24.7 Å². The van der Waals surface area contributed by atoms with Gasteiger partial charge < -0.3 is 24.3 Å². The van der Waals surface area contributed by atoms with Crippen molar-refractivity contribution in [1.29, 1.82) is 0 Å². The van der Waals surface area contributed by atoms with Gasteiger partial charge in [-0.1, -0.05) is 6.07 Å². The highest BCUT2D eigenvalue weighted by atomic mass is 127. The molecule has 0 saturated carbocycles. The highest BCUT2D eigenvalue weighted by molar-refractivity contribution is 14.0. The number of hydrogen-bond donors (Lipinski definition) is 1. The fraction of sp³-hybridized carbons (Fsp3) is 0.545. The van der Waals surface area contributed by atoms with Gasteiger partial charge in [-0.3, -0.25) is 0 Å². The Kier molecular flexibility index (Phi) is 10.7. The highest BCUT2D eigenvalue weighted by Gasteiger charge is 2.25. The monoisotopic (exact) mass is 545 g/mol. The lowest BCUT2D eigenvalue weighted by molar-refractivity contribution is 0.0536. The molecule has 1 unspecified atom stereocenters. The van der Waals surface area contributed by atoms with Crippen molar-refractivity contribution in [3.63, 3.8) is 0 Å². The van der Waals surface area contributed by atoms with Gasteiger partial charge in [-0.25, -0.2) is 14.4 Å². The Labute approximate surface area is 201 Å². The maximum absolute atomic E-state index is 14.6. The summed E-state index contributed by atoms with van der Waals surface area (Å²) in [6, 6.07) is 5.25. The maximum Gasteiger partial charge on any atom is 0.194 e. The number of nitrogens with zero attached hydrogens (tertiary/aromatic N) is 4. The van der Waals surface area contributed by atoms with Crippen LogP contribution in [0.15, 0.2) is 35.6 Å². The first-order valence-corrected chi connectivity index (χ1v) is 10.5. The van der Waals surface area contributed by atoms with E-state index in [-0.39, 0.29) is 29.8 Å². The van der Waals surface area contributed by atoms with E-state index < -0.39 is 0 Å². The maximum atomic E-state index is 14.6. The molecule has 31 heavy (non-hydrogen) atoms. The van der Waals surface area contributed by atoms with Gasteiger partial charge in [0.1, 0.15) is 11.6 Å². The lowest BCUT2D eigenvalue weighted by atomic mass is 10.1. The molecule has 1 saturated heterocycles. The number of imidazole rings is 1. The van der Waals surface area contributed by atoms with Crippen LogP contribution >= 0.6 is 24.0 Å². The van der Waals surface area contributed by atoms with E-state index in [4.69, 9.17) is 14.5 Å². The van der Waals surface area contributed by atoms with Crippen LogP contribution < -0.4 is 5.32 Å². The Morgan fingerprint density at radius 3 is 2.87 bits per heavy atom. The number of ether oxygens (including phenoxy) is 2. The average molecular weight is 545 g/mol. The summed E-state index contributed by atoms with van der Waals surface area (Å²) >= 11 is 0. The van der Waals surface area contributed by atoms with Gasteiger partial charge in [0, 0.05) is 45.1 Å². The largest absolute Gasteiger partial charge is 0.382 e. The van der Waals surface area contributed by atoms with Gasteiger partial charge in [-0.2, -0.15) is 0 Å². The van der Waals surface area contributed by atoms with E-state index in [9.17, 15) is 4.39 Å². The SMILES string of the molecule is CCNC(=NCc1ccc(-n2ccnc2C)c(F)c1)N1CCC(COCCOC)C1.I. The third-order valence-electron chi connectivity index (χ3n) is 5.21. The number of nitrogens with one attached hydrogen (secondary N) is 1. The molecule has 172 valence electrons. The van der Waals surface area contributed by atoms with Crippen LogP contribution in [0.3, 0.4) is 0 Å². The predicted molar refractivity (Wildman–Crippen MR) is 131 cm³/mol. The van der Waals surface area contributed by atoms with Crippen molar-refractivity contribution in [2.75, 3.05) is 46.6 Å². The minimum Gasteiger partial charge on any atom is -0.382 e. The van der Waals surface area contributed by atoms with Crippen molar-refractivity contribution in [2.24, 2.45) is 10.9 Å². The summed E-state index contributed by atoms with van der Waals surface area (Å²) in [7, 11) is 1.68. The lowest BCUT2D eigenvalue weighted by Gasteiger charge is -2.21. The summed E-state index contributed by atoms with van der Waals surface area (Å²) in [5, 5.41) is 3.36. The molecule has 1 atom stereocenters. The molecule has 0 spiro atoms. The van der Waals surface area contributed by atoms with Crippen LogP contribution in [0.25, 0.3) is 5.69 Å². The standard InChI is InChI=1S/C22H32FN5O2.HI/c1-4-24-22(27-9-7-19(15-27)16-30-12-11-29-3)26-14-18-5-6-21(20(23)13-18)28-10-8-25-17(28)2;/h5-6,8,10,13,19H,4,7,9,11-12,14-16H2,1-3H3,(H,24,26);1H. The molecular formula is C22H33FIN5O2. The van der Waals surface area contributed by atoms with Gasteiger partial charge in [0.2, 0.25) is 0 Å². The van der Waals surface area contributed by atoms with Crippen molar-refractivity contribution in [1.82, 2.24) is 19.8 Å². The average Bonchev–Trinajstić information content (AvgIpc) is 3.38. The molecule has 9 heteroatoms. The third-order valence-corrected chi connectivity index (χ3v) is 5.21. The molecule has 1 aromatic heterocycles. The minimum atomic E-state index is -0.275. The van der Waals surface area contributed by atoms with Crippen LogP contribution in [0.4, 0.5) is 4.39 Å². The zero-order valence-corrected chi connectivity index (χ0v) is 20.8. The zero-order valence-electron chi connectivity index (χ0n) is 18.5. The first-order valence-electron chi connectivity index (χ1n) is 10.5. The van der Waals surface area contributed by atoms with E-state index in [0.29, 0.717) is 31.4 Å². The molecule has 1 fully saturated rings. The number of halogens is 2. The Bertz CT molecular complexity index is 845. The Morgan fingerprint density at radius 1 is 1.35 bits per heavy atom. The summed E-state index contributed by atoms with van der Waals surface area (Å²) in [5.74, 6) is 1.83. The first-order chi connectivity index (χ1) is 14.6. The fourth-order valence-corrected chi connectivity index (χ4v) is 3.62. The van der Waals surface area contributed by atoms with Gasteiger partial charge in [0.25, 0.3) is 0 Å². The number of benzene rings is 1. The first kappa shape index (κ1) is 25.5. The number of guanidine groups is 1. The van der Waals surface area contributed by atoms with Crippen molar-refractivity contribution < 1.29 is 13.9 Å². The molecule has 7 nitrogen and oxygen atoms in total. The third kappa shape index (κ3) is 7.15. The van der Waals surface area contributed by atoms with Crippen LogP contribution in [-0.4, -0.2) is 67.0 Å². The summed E-state index contributed by atoms with van der Waals surface area (Å²) < 4.78 is 27.1. The van der Waals surface area contributed by atoms with Crippen LogP contribution in [0.5, 0.6) is 0 Å². The van der Waals surface area contributed by atoms with Crippen LogP contribution in [0.2, 0.25) is 0 Å². The number of aryl methyl sites for hydroxylation is 1. The van der Waals surface area contributed by atoms with E-state index in [1.807, 2.05) is 13.0 Å². The Morgan fingerprint density at radius 2 is 2.19 bits per heavy atom. The van der Waals surface area contributed by atoms with Crippen molar-refractivity contribution in [2.45, 2.75) is 26.8 Å². The van der Waals surface area contributed by atoms with E-state index in [2.05, 4.69) is 22.1 Å². The van der Waals surface area contributed by atoms with Crippen LogP contribution in [-0.2, 0) is 16.0 Å². The van der Waals surface area contributed by atoms with E-state index in [1.165, 1.54) is 0 Å². The molecule has 1 aliphatic heterocycles. The molecule has 3 rings (SSSR count). The fourth-order valence-electron chi connectivity index (χ4n) is 3.62. The molecule has 1 aliphatic rings. The molecule has 0 radical (unpaired) electrons.